The van der Waals surface area contributed by atoms with Crippen LogP contribution in [0.15, 0.2) is 0 Å². The van der Waals surface area contributed by atoms with E-state index in [2.05, 4.69) is 10.6 Å². The third-order valence-electron chi connectivity index (χ3n) is 2.73. The molecule has 84 valence electrons. The van der Waals surface area contributed by atoms with E-state index in [-0.39, 0.29) is 23.2 Å². The number of carbonyl (C=O) groups excluding carboxylic acids is 2. The second-order valence-corrected chi connectivity index (χ2v) is 5.03. The predicted octanol–water partition coefficient (Wildman–Crippen LogP) is -0.335. The summed E-state index contributed by atoms with van der Waals surface area (Å²) in [6, 6.07) is -0.312. The molecule has 2 rings (SSSR count). The van der Waals surface area contributed by atoms with Crippen molar-refractivity contribution in [2.75, 3.05) is 12.3 Å². The monoisotopic (exact) mass is 229 g/mol. The second-order valence-electron chi connectivity index (χ2n) is 4.04. The van der Waals surface area contributed by atoms with Crippen LogP contribution in [0, 0.1) is 5.92 Å². The molecule has 2 aliphatic rings. The number of carbonyl (C=O) groups is 2. The largest absolute Gasteiger partial charge is 0.353 e. The Kier molecular flexibility index (Phi) is 3.16. The predicted molar refractivity (Wildman–Crippen MR) is 58.5 cm³/mol. The standard InChI is InChI=1S/C9H15N3O2S/c10-6(5-1-2-5)3-11-8(13)7-4-15-9(14)12-7/h5-7H,1-4,10H2,(H,11,13)(H,12,14). The van der Waals surface area contributed by atoms with Crippen LogP contribution in [-0.4, -0.2) is 35.5 Å². The smallest absolute Gasteiger partial charge is 0.279 e. The molecule has 5 nitrogen and oxygen atoms in total. The number of nitrogens with two attached hydrogens (primary N) is 1. The topological polar surface area (TPSA) is 84.2 Å². The third-order valence-corrected chi connectivity index (χ3v) is 3.61. The molecule has 1 aliphatic heterocycles. The van der Waals surface area contributed by atoms with Crippen molar-refractivity contribution in [3.8, 4) is 0 Å². The Morgan fingerprint density at radius 2 is 2.40 bits per heavy atom. The van der Waals surface area contributed by atoms with Gasteiger partial charge in [0.2, 0.25) is 5.91 Å². The molecule has 0 spiro atoms. The molecule has 15 heavy (non-hydrogen) atoms. The van der Waals surface area contributed by atoms with Crippen molar-refractivity contribution in [3.05, 3.63) is 0 Å². The molecule has 1 aliphatic carbocycles. The van der Waals surface area contributed by atoms with Crippen molar-refractivity contribution < 1.29 is 9.59 Å². The van der Waals surface area contributed by atoms with E-state index in [9.17, 15) is 9.59 Å². The van der Waals surface area contributed by atoms with Crippen LogP contribution in [0.5, 0.6) is 0 Å². The maximum absolute atomic E-state index is 11.5. The van der Waals surface area contributed by atoms with E-state index in [1.165, 1.54) is 12.8 Å². The summed E-state index contributed by atoms with van der Waals surface area (Å²) in [6.45, 7) is 0.514. The molecule has 4 N–H and O–H groups in total. The minimum absolute atomic E-state index is 0.0682. The van der Waals surface area contributed by atoms with Crippen LogP contribution in [0.1, 0.15) is 12.8 Å². The SMILES string of the molecule is NC(CNC(=O)C1CSC(=O)N1)C1CC1. The molecule has 2 atom stereocenters. The van der Waals surface area contributed by atoms with E-state index in [0.29, 0.717) is 18.2 Å². The molecule has 2 unspecified atom stereocenters. The first-order valence-corrected chi connectivity index (χ1v) is 6.12. The fourth-order valence-electron chi connectivity index (χ4n) is 1.56. The van der Waals surface area contributed by atoms with E-state index < -0.39 is 0 Å². The molecule has 2 fully saturated rings. The quantitative estimate of drug-likeness (QED) is 0.616. The zero-order valence-corrected chi connectivity index (χ0v) is 9.18. The van der Waals surface area contributed by atoms with Gasteiger partial charge in [-0.1, -0.05) is 11.8 Å². The summed E-state index contributed by atoms with van der Waals surface area (Å²) in [5.74, 6) is 0.978. The number of hydrogen-bond donors (Lipinski definition) is 3. The zero-order chi connectivity index (χ0) is 10.8. The van der Waals surface area contributed by atoms with Crippen molar-refractivity contribution >= 4 is 22.9 Å². The van der Waals surface area contributed by atoms with Crippen LogP contribution in [0.4, 0.5) is 4.79 Å². The lowest BCUT2D eigenvalue weighted by atomic mass is 10.2. The average molecular weight is 229 g/mol. The van der Waals surface area contributed by atoms with E-state index in [4.69, 9.17) is 5.73 Å². The summed E-state index contributed by atoms with van der Waals surface area (Å²) in [5, 5.41) is 5.24. The molecule has 0 bridgehead atoms. The molecule has 1 saturated heterocycles. The van der Waals surface area contributed by atoms with Gasteiger partial charge < -0.3 is 16.4 Å². The summed E-state index contributed by atoms with van der Waals surface area (Å²) >= 11 is 1.14. The molecule has 2 amide bonds. The van der Waals surface area contributed by atoms with Crippen LogP contribution in [0.3, 0.4) is 0 Å². The van der Waals surface area contributed by atoms with Crippen LogP contribution >= 0.6 is 11.8 Å². The highest BCUT2D eigenvalue weighted by atomic mass is 32.2. The van der Waals surface area contributed by atoms with Gasteiger partial charge in [0.25, 0.3) is 5.24 Å². The van der Waals surface area contributed by atoms with Crippen LogP contribution < -0.4 is 16.4 Å². The highest BCUT2D eigenvalue weighted by molar-refractivity contribution is 8.14. The van der Waals surface area contributed by atoms with Gasteiger partial charge in [-0.3, -0.25) is 9.59 Å². The molecule has 0 aromatic heterocycles. The van der Waals surface area contributed by atoms with Gasteiger partial charge in [0.05, 0.1) is 0 Å². The lowest BCUT2D eigenvalue weighted by Crippen LogP contribution is -2.47. The second kappa shape index (κ2) is 4.40. The summed E-state index contributed by atoms with van der Waals surface area (Å²) < 4.78 is 0. The molecule has 0 aromatic rings. The van der Waals surface area contributed by atoms with E-state index in [1.807, 2.05) is 0 Å². The van der Waals surface area contributed by atoms with E-state index in [0.717, 1.165) is 11.8 Å². The van der Waals surface area contributed by atoms with Gasteiger partial charge in [-0.25, -0.2) is 0 Å². The first kappa shape index (κ1) is 10.8. The summed E-state index contributed by atoms with van der Waals surface area (Å²) in [5.41, 5.74) is 5.85. The Morgan fingerprint density at radius 3 is 2.93 bits per heavy atom. The van der Waals surface area contributed by atoms with Gasteiger partial charge in [-0.2, -0.15) is 0 Å². The van der Waals surface area contributed by atoms with E-state index >= 15 is 0 Å². The summed E-state index contributed by atoms with van der Waals surface area (Å²) in [7, 11) is 0. The highest BCUT2D eigenvalue weighted by Crippen LogP contribution is 2.31. The number of hydrogen-bond acceptors (Lipinski definition) is 4. The first-order chi connectivity index (χ1) is 7.16. The summed E-state index contributed by atoms with van der Waals surface area (Å²) in [4.78, 5) is 22.4. The number of thioether (sulfide) groups is 1. The fourth-order valence-corrected chi connectivity index (χ4v) is 2.34. The Bertz CT molecular complexity index is 281. The van der Waals surface area contributed by atoms with Crippen molar-refractivity contribution in [1.82, 2.24) is 10.6 Å². The van der Waals surface area contributed by atoms with Crippen molar-refractivity contribution in [1.29, 1.82) is 0 Å². The van der Waals surface area contributed by atoms with Gasteiger partial charge in [-0.15, -0.1) is 0 Å². The molecule has 1 heterocycles. The molecule has 0 radical (unpaired) electrons. The molecule has 6 heteroatoms. The minimum atomic E-state index is -0.381. The van der Waals surface area contributed by atoms with Crippen molar-refractivity contribution in [2.45, 2.75) is 24.9 Å². The lowest BCUT2D eigenvalue weighted by molar-refractivity contribution is -0.122. The molecular formula is C9H15N3O2S. The zero-order valence-electron chi connectivity index (χ0n) is 8.36. The van der Waals surface area contributed by atoms with Crippen LogP contribution in [0.2, 0.25) is 0 Å². The van der Waals surface area contributed by atoms with Gasteiger partial charge in [0, 0.05) is 18.3 Å². The first-order valence-electron chi connectivity index (χ1n) is 5.13. The highest BCUT2D eigenvalue weighted by Gasteiger charge is 2.31. The maximum Gasteiger partial charge on any atom is 0.279 e. The normalized spacial score (nSPS) is 27.3. The number of amides is 2. The fraction of sp³-hybridized carbons (Fsp3) is 0.778. The minimum Gasteiger partial charge on any atom is -0.353 e. The van der Waals surface area contributed by atoms with Gasteiger partial charge in [0.1, 0.15) is 6.04 Å². The van der Waals surface area contributed by atoms with Gasteiger partial charge in [0.15, 0.2) is 0 Å². The van der Waals surface area contributed by atoms with Crippen LogP contribution in [-0.2, 0) is 4.79 Å². The average Bonchev–Trinajstić information content (AvgIpc) is 2.97. The van der Waals surface area contributed by atoms with Crippen molar-refractivity contribution in [3.63, 3.8) is 0 Å². The van der Waals surface area contributed by atoms with Crippen LogP contribution in [0.25, 0.3) is 0 Å². The Hall–Kier alpha value is -0.750. The Labute approximate surface area is 92.5 Å². The van der Waals surface area contributed by atoms with Gasteiger partial charge in [-0.05, 0) is 18.8 Å². The van der Waals surface area contributed by atoms with Gasteiger partial charge >= 0.3 is 0 Å². The Morgan fingerprint density at radius 1 is 1.67 bits per heavy atom. The number of rotatable bonds is 4. The maximum atomic E-state index is 11.5. The van der Waals surface area contributed by atoms with Crippen molar-refractivity contribution in [2.24, 2.45) is 11.7 Å². The third kappa shape index (κ3) is 2.85. The van der Waals surface area contributed by atoms with E-state index in [1.54, 1.807) is 0 Å². The lowest BCUT2D eigenvalue weighted by Gasteiger charge is -2.14. The Balaban J connectivity index is 1.69. The molecular weight excluding hydrogens is 214 g/mol. The molecule has 1 saturated carbocycles. The summed E-state index contributed by atoms with van der Waals surface area (Å²) in [6.07, 6.45) is 2.35. The molecule has 0 aromatic carbocycles. The number of nitrogens with one attached hydrogen (secondary N) is 2.